The number of piperidine rings is 1. The summed E-state index contributed by atoms with van der Waals surface area (Å²) in [6.45, 7) is 1.88. The summed E-state index contributed by atoms with van der Waals surface area (Å²) < 4.78 is 11.0. The van der Waals surface area contributed by atoms with Crippen LogP contribution in [0.5, 0.6) is 0 Å². The first-order chi connectivity index (χ1) is 7.84. The summed E-state index contributed by atoms with van der Waals surface area (Å²) >= 11 is 0. The van der Waals surface area contributed by atoms with Crippen LogP contribution in [-0.2, 0) is 10.3 Å². The lowest BCUT2D eigenvalue weighted by Gasteiger charge is -2.32. The van der Waals surface area contributed by atoms with E-state index in [9.17, 15) is 0 Å². The molecule has 2 heterocycles. The minimum atomic E-state index is -0.356. The zero-order valence-corrected chi connectivity index (χ0v) is 10.8. The van der Waals surface area contributed by atoms with Crippen LogP contribution in [0.25, 0.3) is 0 Å². The van der Waals surface area contributed by atoms with E-state index in [1.54, 1.807) is 7.11 Å². The van der Waals surface area contributed by atoms with Crippen molar-refractivity contribution in [2.75, 3.05) is 20.2 Å². The molecule has 1 aliphatic heterocycles. The molecule has 2 aliphatic rings. The van der Waals surface area contributed by atoms with E-state index < -0.39 is 0 Å². The summed E-state index contributed by atoms with van der Waals surface area (Å²) in [4.78, 5) is 4.51. The Morgan fingerprint density at radius 2 is 2.06 bits per heavy atom. The maximum Gasteiger partial charge on any atom is 0.258 e. The molecule has 6 heteroatoms. The Balaban J connectivity index is 0.00000108. The maximum atomic E-state index is 5.64. The average Bonchev–Trinajstić information content (AvgIpc) is 3.08. The van der Waals surface area contributed by atoms with Gasteiger partial charge in [0.05, 0.1) is 0 Å². The van der Waals surface area contributed by atoms with Gasteiger partial charge in [-0.1, -0.05) is 5.16 Å². The SMILES string of the molecule is COC1(c2nc(C3CC3)no2)CCNCC1.Cl. The zero-order valence-electron chi connectivity index (χ0n) is 9.94. The summed E-state index contributed by atoms with van der Waals surface area (Å²) in [7, 11) is 1.73. The monoisotopic (exact) mass is 259 g/mol. The van der Waals surface area contributed by atoms with Crippen molar-refractivity contribution in [2.24, 2.45) is 0 Å². The van der Waals surface area contributed by atoms with Crippen LogP contribution >= 0.6 is 12.4 Å². The molecule has 0 atom stereocenters. The van der Waals surface area contributed by atoms with Crippen LogP contribution in [0.4, 0.5) is 0 Å². The van der Waals surface area contributed by atoms with Crippen LogP contribution in [0.3, 0.4) is 0 Å². The van der Waals surface area contributed by atoms with Crippen molar-refractivity contribution in [3.63, 3.8) is 0 Å². The standard InChI is InChI=1S/C11H17N3O2.ClH/c1-15-11(4-6-12-7-5-11)10-13-9(14-16-10)8-2-3-8;/h8,12H,2-7H2,1H3;1H. The highest BCUT2D eigenvalue weighted by molar-refractivity contribution is 5.85. The first-order valence-corrected chi connectivity index (χ1v) is 5.94. The van der Waals surface area contributed by atoms with Crippen molar-refractivity contribution in [1.29, 1.82) is 0 Å². The molecule has 17 heavy (non-hydrogen) atoms. The first kappa shape index (κ1) is 12.8. The smallest absolute Gasteiger partial charge is 0.258 e. The quantitative estimate of drug-likeness (QED) is 0.893. The fraction of sp³-hybridized carbons (Fsp3) is 0.818. The molecule has 1 aromatic heterocycles. The molecule has 0 unspecified atom stereocenters. The molecule has 0 radical (unpaired) electrons. The number of rotatable bonds is 3. The summed E-state index contributed by atoms with van der Waals surface area (Å²) in [5, 5.41) is 7.38. The fourth-order valence-corrected chi connectivity index (χ4v) is 2.26. The van der Waals surface area contributed by atoms with E-state index in [0.717, 1.165) is 31.8 Å². The highest BCUT2D eigenvalue weighted by Crippen LogP contribution is 2.40. The van der Waals surface area contributed by atoms with Gasteiger partial charge in [0, 0.05) is 13.0 Å². The van der Waals surface area contributed by atoms with Gasteiger partial charge in [-0.25, -0.2) is 0 Å². The predicted octanol–water partition coefficient (Wildman–Crippen LogP) is 1.59. The zero-order chi connectivity index (χ0) is 11.0. The molecule has 1 aromatic rings. The van der Waals surface area contributed by atoms with Crippen molar-refractivity contribution in [3.05, 3.63) is 11.7 Å². The molecule has 2 fully saturated rings. The van der Waals surface area contributed by atoms with Crippen LogP contribution < -0.4 is 5.32 Å². The third-order valence-corrected chi connectivity index (χ3v) is 3.58. The third-order valence-electron chi connectivity index (χ3n) is 3.58. The Morgan fingerprint density at radius 1 is 1.35 bits per heavy atom. The molecular weight excluding hydrogens is 242 g/mol. The minimum absolute atomic E-state index is 0. The minimum Gasteiger partial charge on any atom is -0.368 e. The number of hydrogen-bond donors (Lipinski definition) is 1. The molecule has 0 bridgehead atoms. The average molecular weight is 260 g/mol. The van der Waals surface area contributed by atoms with Crippen molar-refractivity contribution < 1.29 is 9.26 Å². The molecule has 1 saturated heterocycles. The second-order valence-electron chi connectivity index (χ2n) is 4.68. The van der Waals surface area contributed by atoms with Crippen LogP contribution in [-0.4, -0.2) is 30.3 Å². The normalized spacial score (nSPS) is 23.1. The van der Waals surface area contributed by atoms with Crippen LogP contribution in [0.2, 0.25) is 0 Å². The lowest BCUT2D eigenvalue weighted by Crippen LogP contribution is -2.41. The van der Waals surface area contributed by atoms with Crippen molar-refractivity contribution in [2.45, 2.75) is 37.2 Å². The molecule has 1 saturated carbocycles. The molecule has 3 rings (SSSR count). The van der Waals surface area contributed by atoms with Gasteiger partial charge in [0.25, 0.3) is 5.89 Å². The topological polar surface area (TPSA) is 60.2 Å². The second-order valence-corrected chi connectivity index (χ2v) is 4.68. The third kappa shape index (κ3) is 2.32. The number of halogens is 1. The van der Waals surface area contributed by atoms with Gasteiger partial charge in [0.15, 0.2) is 5.82 Å². The summed E-state index contributed by atoms with van der Waals surface area (Å²) in [6.07, 6.45) is 4.19. The number of aromatic nitrogens is 2. The van der Waals surface area contributed by atoms with Crippen molar-refractivity contribution in [3.8, 4) is 0 Å². The van der Waals surface area contributed by atoms with Crippen molar-refractivity contribution in [1.82, 2.24) is 15.5 Å². The van der Waals surface area contributed by atoms with Crippen LogP contribution in [0, 0.1) is 0 Å². The maximum absolute atomic E-state index is 5.64. The van der Waals surface area contributed by atoms with Crippen molar-refractivity contribution >= 4 is 12.4 Å². The van der Waals surface area contributed by atoms with E-state index in [1.165, 1.54) is 12.8 Å². The van der Waals surface area contributed by atoms with Crippen LogP contribution in [0.1, 0.15) is 43.3 Å². The molecule has 0 aromatic carbocycles. The van der Waals surface area contributed by atoms with E-state index in [0.29, 0.717) is 11.8 Å². The number of ether oxygens (including phenoxy) is 1. The van der Waals surface area contributed by atoms with E-state index in [4.69, 9.17) is 9.26 Å². The van der Waals surface area contributed by atoms with E-state index in [1.807, 2.05) is 0 Å². The molecule has 5 nitrogen and oxygen atoms in total. The summed E-state index contributed by atoms with van der Waals surface area (Å²) in [5.74, 6) is 2.07. The Labute approximate surface area is 107 Å². The number of methoxy groups -OCH3 is 1. The molecule has 0 spiro atoms. The van der Waals surface area contributed by atoms with Gasteiger partial charge >= 0.3 is 0 Å². The van der Waals surface area contributed by atoms with Gasteiger partial charge in [-0.3, -0.25) is 0 Å². The van der Waals surface area contributed by atoms with Crippen LogP contribution in [0.15, 0.2) is 4.52 Å². The summed E-state index contributed by atoms with van der Waals surface area (Å²) in [6, 6.07) is 0. The molecular formula is C11H18ClN3O2. The van der Waals surface area contributed by atoms with Gasteiger partial charge in [0.1, 0.15) is 5.60 Å². The number of nitrogens with one attached hydrogen (secondary N) is 1. The largest absolute Gasteiger partial charge is 0.368 e. The fourth-order valence-electron chi connectivity index (χ4n) is 2.26. The Morgan fingerprint density at radius 3 is 2.65 bits per heavy atom. The molecule has 0 amide bonds. The van der Waals surface area contributed by atoms with E-state index in [2.05, 4.69) is 15.5 Å². The molecule has 1 N–H and O–H groups in total. The Hall–Kier alpha value is -0.650. The molecule has 96 valence electrons. The van der Waals surface area contributed by atoms with Gasteiger partial charge in [0.2, 0.25) is 0 Å². The number of hydrogen-bond acceptors (Lipinski definition) is 5. The van der Waals surface area contributed by atoms with E-state index >= 15 is 0 Å². The number of nitrogens with zero attached hydrogens (tertiary/aromatic N) is 2. The van der Waals surface area contributed by atoms with Gasteiger partial charge in [-0.05, 0) is 38.8 Å². The summed E-state index contributed by atoms with van der Waals surface area (Å²) in [5.41, 5.74) is -0.356. The Bertz CT molecular complexity index is 373. The lowest BCUT2D eigenvalue weighted by atomic mass is 9.92. The lowest BCUT2D eigenvalue weighted by molar-refractivity contribution is -0.0622. The molecule has 1 aliphatic carbocycles. The van der Waals surface area contributed by atoms with Gasteiger partial charge in [-0.2, -0.15) is 4.98 Å². The van der Waals surface area contributed by atoms with Gasteiger partial charge < -0.3 is 14.6 Å². The Kier molecular flexibility index (Phi) is 3.70. The van der Waals surface area contributed by atoms with Gasteiger partial charge in [-0.15, -0.1) is 12.4 Å². The predicted molar refractivity (Wildman–Crippen MR) is 64.3 cm³/mol. The highest BCUT2D eigenvalue weighted by atomic mass is 35.5. The second kappa shape index (κ2) is 4.92. The first-order valence-electron chi connectivity index (χ1n) is 5.94. The highest BCUT2D eigenvalue weighted by Gasteiger charge is 2.40. The van der Waals surface area contributed by atoms with E-state index in [-0.39, 0.29) is 18.0 Å².